The third kappa shape index (κ3) is 2.46. The third-order valence-corrected chi connectivity index (χ3v) is 2.64. The molecule has 4 nitrogen and oxygen atoms in total. The first-order chi connectivity index (χ1) is 8.61. The first kappa shape index (κ1) is 12.4. The SMILES string of the molecule is Cc1cccc(Oc2ncc(CN)c(C)n2)c1F. The van der Waals surface area contributed by atoms with E-state index < -0.39 is 5.82 Å². The van der Waals surface area contributed by atoms with Gasteiger partial charge in [-0.25, -0.2) is 9.37 Å². The number of aromatic nitrogens is 2. The summed E-state index contributed by atoms with van der Waals surface area (Å²) in [5, 5.41) is 0. The molecule has 0 saturated heterocycles. The van der Waals surface area contributed by atoms with Crippen molar-refractivity contribution in [3.63, 3.8) is 0 Å². The molecular formula is C13H14FN3O. The minimum atomic E-state index is -0.401. The van der Waals surface area contributed by atoms with E-state index in [2.05, 4.69) is 9.97 Å². The minimum Gasteiger partial charge on any atom is -0.421 e. The highest BCUT2D eigenvalue weighted by Crippen LogP contribution is 2.24. The highest BCUT2D eigenvalue weighted by Gasteiger charge is 2.09. The molecule has 0 fully saturated rings. The maximum Gasteiger partial charge on any atom is 0.322 e. The molecule has 0 unspecified atom stereocenters. The highest BCUT2D eigenvalue weighted by molar-refractivity contribution is 5.32. The van der Waals surface area contributed by atoms with Crippen molar-refractivity contribution in [1.82, 2.24) is 9.97 Å². The smallest absolute Gasteiger partial charge is 0.322 e. The van der Waals surface area contributed by atoms with Crippen LogP contribution in [-0.2, 0) is 6.54 Å². The summed E-state index contributed by atoms with van der Waals surface area (Å²) >= 11 is 0. The van der Waals surface area contributed by atoms with Gasteiger partial charge in [0.25, 0.3) is 0 Å². The summed E-state index contributed by atoms with van der Waals surface area (Å²) in [6.45, 7) is 3.85. The van der Waals surface area contributed by atoms with Crippen molar-refractivity contribution in [2.75, 3.05) is 0 Å². The summed E-state index contributed by atoms with van der Waals surface area (Å²) < 4.78 is 19.1. The van der Waals surface area contributed by atoms with E-state index in [1.807, 2.05) is 6.92 Å². The van der Waals surface area contributed by atoms with Crippen molar-refractivity contribution in [2.45, 2.75) is 20.4 Å². The van der Waals surface area contributed by atoms with Crippen LogP contribution in [0.15, 0.2) is 24.4 Å². The summed E-state index contributed by atoms with van der Waals surface area (Å²) in [5.41, 5.74) is 7.60. The number of ether oxygens (including phenoxy) is 1. The summed E-state index contributed by atoms with van der Waals surface area (Å²) in [6, 6.07) is 5.05. The van der Waals surface area contributed by atoms with Gasteiger partial charge in [0.1, 0.15) is 0 Å². The van der Waals surface area contributed by atoms with Gasteiger partial charge in [-0.1, -0.05) is 12.1 Å². The van der Waals surface area contributed by atoms with Gasteiger partial charge in [-0.15, -0.1) is 0 Å². The second kappa shape index (κ2) is 5.10. The zero-order valence-corrected chi connectivity index (χ0v) is 10.3. The van der Waals surface area contributed by atoms with Crippen LogP contribution in [0, 0.1) is 19.7 Å². The lowest BCUT2D eigenvalue weighted by Gasteiger charge is -2.08. The van der Waals surface area contributed by atoms with Crippen molar-refractivity contribution in [3.05, 3.63) is 47.0 Å². The molecule has 2 aromatic rings. The fraction of sp³-hybridized carbons (Fsp3) is 0.231. The Hall–Kier alpha value is -2.01. The van der Waals surface area contributed by atoms with Crippen molar-refractivity contribution >= 4 is 0 Å². The van der Waals surface area contributed by atoms with Crippen molar-refractivity contribution < 1.29 is 9.13 Å². The maximum atomic E-state index is 13.7. The molecule has 0 aliphatic carbocycles. The quantitative estimate of drug-likeness (QED) is 0.905. The van der Waals surface area contributed by atoms with E-state index in [0.29, 0.717) is 12.1 Å². The predicted molar refractivity (Wildman–Crippen MR) is 65.9 cm³/mol. The molecule has 2 N–H and O–H groups in total. The molecule has 0 spiro atoms. The number of nitrogens with zero attached hydrogens (tertiary/aromatic N) is 2. The van der Waals surface area contributed by atoms with Crippen LogP contribution in [-0.4, -0.2) is 9.97 Å². The Morgan fingerprint density at radius 1 is 1.33 bits per heavy atom. The van der Waals surface area contributed by atoms with Crippen LogP contribution < -0.4 is 10.5 Å². The number of hydrogen-bond acceptors (Lipinski definition) is 4. The Labute approximate surface area is 105 Å². The normalized spacial score (nSPS) is 10.4. The van der Waals surface area contributed by atoms with E-state index in [9.17, 15) is 4.39 Å². The average molecular weight is 247 g/mol. The van der Waals surface area contributed by atoms with Crippen LogP contribution >= 0.6 is 0 Å². The Balaban J connectivity index is 2.29. The van der Waals surface area contributed by atoms with Crippen molar-refractivity contribution in [3.8, 4) is 11.8 Å². The first-order valence-corrected chi connectivity index (χ1v) is 5.57. The lowest BCUT2D eigenvalue weighted by Crippen LogP contribution is -2.04. The van der Waals surface area contributed by atoms with E-state index >= 15 is 0 Å². The van der Waals surface area contributed by atoms with Gasteiger partial charge in [0.2, 0.25) is 0 Å². The number of rotatable bonds is 3. The van der Waals surface area contributed by atoms with Crippen LogP contribution in [0.5, 0.6) is 11.8 Å². The van der Waals surface area contributed by atoms with Crippen LogP contribution in [0.4, 0.5) is 4.39 Å². The molecule has 1 aromatic carbocycles. The zero-order valence-electron chi connectivity index (χ0n) is 10.3. The Morgan fingerprint density at radius 3 is 2.78 bits per heavy atom. The van der Waals surface area contributed by atoms with Crippen LogP contribution in [0.3, 0.4) is 0 Å². The standard InChI is InChI=1S/C13H14FN3O/c1-8-4-3-5-11(12(8)14)18-13-16-7-10(6-15)9(2)17-13/h3-5,7H,6,15H2,1-2H3. The topological polar surface area (TPSA) is 61.0 Å². The largest absolute Gasteiger partial charge is 0.421 e. The third-order valence-electron chi connectivity index (χ3n) is 2.64. The lowest BCUT2D eigenvalue weighted by atomic mass is 10.2. The highest BCUT2D eigenvalue weighted by atomic mass is 19.1. The minimum absolute atomic E-state index is 0.120. The summed E-state index contributed by atoms with van der Waals surface area (Å²) in [6.07, 6.45) is 1.59. The van der Waals surface area contributed by atoms with Gasteiger partial charge in [0, 0.05) is 24.0 Å². The molecule has 5 heteroatoms. The fourth-order valence-electron chi connectivity index (χ4n) is 1.52. The van der Waals surface area contributed by atoms with Crippen LogP contribution in [0.1, 0.15) is 16.8 Å². The summed E-state index contributed by atoms with van der Waals surface area (Å²) in [7, 11) is 0. The zero-order chi connectivity index (χ0) is 13.1. The molecule has 0 radical (unpaired) electrons. The fourth-order valence-corrected chi connectivity index (χ4v) is 1.52. The summed E-state index contributed by atoms with van der Waals surface area (Å²) in [5.74, 6) is -0.281. The second-order valence-electron chi connectivity index (χ2n) is 3.96. The molecule has 2 rings (SSSR count). The molecule has 0 aliphatic heterocycles. The molecule has 1 heterocycles. The van der Waals surface area contributed by atoms with Gasteiger partial charge in [-0.2, -0.15) is 4.98 Å². The first-order valence-electron chi connectivity index (χ1n) is 5.57. The van der Waals surface area contributed by atoms with Crippen LogP contribution in [0.2, 0.25) is 0 Å². The number of benzene rings is 1. The predicted octanol–water partition coefficient (Wildman–Crippen LogP) is 2.48. The molecule has 0 saturated carbocycles. The summed E-state index contributed by atoms with van der Waals surface area (Å²) in [4.78, 5) is 8.13. The maximum absolute atomic E-state index is 13.7. The Morgan fingerprint density at radius 2 is 2.11 bits per heavy atom. The van der Waals surface area contributed by atoms with E-state index in [0.717, 1.165) is 11.3 Å². The van der Waals surface area contributed by atoms with Crippen molar-refractivity contribution in [1.29, 1.82) is 0 Å². The second-order valence-corrected chi connectivity index (χ2v) is 3.96. The number of hydrogen-bond donors (Lipinski definition) is 1. The lowest BCUT2D eigenvalue weighted by molar-refractivity contribution is 0.407. The molecule has 18 heavy (non-hydrogen) atoms. The van der Waals surface area contributed by atoms with Gasteiger partial charge < -0.3 is 10.5 Å². The molecule has 94 valence electrons. The van der Waals surface area contributed by atoms with E-state index in [-0.39, 0.29) is 11.8 Å². The molecular weight excluding hydrogens is 233 g/mol. The van der Waals surface area contributed by atoms with Gasteiger partial charge in [0.05, 0.1) is 0 Å². The molecule has 0 aliphatic rings. The monoisotopic (exact) mass is 247 g/mol. The Kier molecular flexibility index (Phi) is 3.53. The van der Waals surface area contributed by atoms with Gasteiger partial charge in [0.15, 0.2) is 11.6 Å². The van der Waals surface area contributed by atoms with E-state index in [1.165, 1.54) is 6.07 Å². The van der Waals surface area contributed by atoms with Crippen LogP contribution in [0.25, 0.3) is 0 Å². The molecule has 0 atom stereocenters. The molecule has 0 amide bonds. The van der Waals surface area contributed by atoms with Crippen molar-refractivity contribution in [2.24, 2.45) is 5.73 Å². The van der Waals surface area contributed by atoms with E-state index in [1.54, 1.807) is 25.3 Å². The number of aryl methyl sites for hydroxylation is 2. The van der Waals surface area contributed by atoms with Gasteiger partial charge in [-0.3, -0.25) is 0 Å². The Bertz CT molecular complexity index is 572. The number of halogens is 1. The van der Waals surface area contributed by atoms with Gasteiger partial charge >= 0.3 is 6.01 Å². The number of nitrogens with two attached hydrogens (primary N) is 1. The van der Waals surface area contributed by atoms with E-state index in [4.69, 9.17) is 10.5 Å². The molecule has 1 aromatic heterocycles. The average Bonchev–Trinajstić information content (AvgIpc) is 2.35. The van der Waals surface area contributed by atoms with Gasteiger partial charge in [-0.05, 0) is 25.5 Å². The molecule has 0 bridgehead atoms.